The van der Waals surface area contributed by atoms with Crippen molar-refractivity contribution in [2.75, 3.05) is 0 Å². The average Bonchev–Trinajstić information content (AvgIpc) is 2.27. The van der Waals surface area contributed by atoms with Gasteiger partial charge in [-0.15, -0.1) is 0 Å². The summed E-state index contributed by atoms with van der Waals surface area (Å²) in [5.74, 6) is -0.536. The molecule has 1 aromatic rings. The van der Waals surface area contributed by atoms with Crippen LogP contribution in [0.4, 0.5) is 0 Å². The van der Waals surface area contributed by atoms with Gasteiger partial charge in [-0.3, -0.25) is 0 Å². The van der Waals surface area contributed by atoms with Gasteiger partial charge < -0.3 is 9.84 Å². The van der Waals surface area contributed by atoms with E-state index in [-0.39, 0.29) is 0 Å². The van der Waals surface area contributed by atoms with Gasteiger partial charge in [-0.1, -0.05) is 0 Å². The number of ether oxygens (including phenoxy) is 1. The van der Waals surface area contributed by atoms with Crippen molar-refractivity contribution in [1.82, 2.24) is 4.98 Å². The zero-order valence-electron chi connectivity index (χ0n) is 6.12. The second-order valence-corrected chi connectivity index (χ2v) is 4.02. The van der Waals surface area contributed by atoms with Crippen LogP contribution in [0.2, 0.25) is 0 Å². The van der Waals surface area contributed by atoms with Gasteiger partial charge in [0.25, 0.3) is 0 Å². The quantitative estimate of drug-likeness (QED) is 0.586. The van der Waals surface area contributed by atoms with Crippen LogP contribution in [0.1, 0.15) is 22.2 Å². The Hall–Kier alpha value is -0.460. The number of hydrogen-bond acceptors (Lipinski definition) is 4. The van der Waals surface area contributed by atoms with E-state index < -0.39 is 12.3 Å². The number of pyridine rings is 1. The first kappa shape index (κ1) is 9.11. The van der Waals surface area contributed by atoms with Crippen LogP contribution in [0.25, 0.3) is 0 Å². The van der Waals surface area contributed by atoms with Gasteiger partial charge in [0, 0.05) is 0 Å². The SMILES string of the molecule is O=C1O[C@@H](O)c2c1cc(Br)nc2Br. The molecule has 0 bridgehead atoms. The minimum atomic E-state index is -1.21. The number of nitrogens with zero attached hydrogens (tertiary/aromatic N) is 1. The lowest BCUT2D eigenvalue weighted by Crippen LogP contribution is -1.96. The predicted molar refractivity (Wildman–Crippen MR) is 50.0 cm³/mol. The highest BCUT2D eigenvalue weighted by Crippen LogP contribution is 2.34. The Labute approximate surface area is 90.2 Å². The number of esters is 1. The number of carbonyl (C=O) groups excluding carboxylic acids is 1. The molecule has 0 saturated heterocycles. The number of aliphatic hydroxyl groups is 1. The summed E-state index contributed by atoms with van der Waals surface area (Å²) in [6, 6.07) is 1.51. The van der Waals surface area contributed by atoms with Crippen molar-refractivity contribution < 1.29 is 14.6 Å². The van der Waals surface area contributed by atoms with E-state index in [0.717, 1.165) is 0 Å². The fraction of sp³-hybridized carbons (Fsp3) is 0.143. The lowest BCUT2D eigenvalue weighted by atomic mass is 10.2. The van der Waals surface area contributed by atoms with Crippen molar-refractivity contribution in [3.8, 4) is 0 Å². The number of carbonyl (C=O) groups is 1. The highest BCUT2D eigenvalue weighted by atomic mass is 79.9. The molecule has 1 aromatic heterocycles. The van der Waals surface area contributed by atoms with Gasteiger partial charge in [-0.05, 0) is 37.9 Å². The Morgan fingerprint density at radius 1 is 1.54 bits per heavy atom. The normalized spacial score (nSPS) is 19.9. The van der Waals surface area contributed by atoms with Gasteiger partial charge in [-0.25, -0.2) is 9.78 Å². The minimum Gasteiger partial charge on any atom is -0.428 e. The molecule has 1 atom stereocenters. The smallest absolute Gasteiger partial charge is 0.341 e. The maximum Gasteiger partial charge on any atom is 0.341 e. The predicted octanol–water partition coefficient (Wildman–Crippen LogP) is 1.77. The first-order valence-corrected chi connectivity index (χ1v) is 4.93. The van der Waals surface area contributed by atoms with E-state index in [1.54, 1.807) is 0 Å². The summed E-state index contributed by atoms with van der Waals surface area (Å²) in [4.78, 5) is 15.1. The van der Waals surface area contributed by atoms with E-state index >= 15 is 0 Å². The Kier molecular flexibility index (Phi) is 2.13. The molecule has 6 heteroatoms. The lowest BCUT2D eigenvalue weighted by molar-refractivity contribution is -0.0552. The molecule has 2 heterocycles. The third kappa shape index (κ3) is 1.38. The number of fused-ring (bicyclic) bond motifs is 1. The third-order valence-electron chi connectivity index (χ3n) is 1.67. The molecule has 0 saturated carbocycles. The van der Waals surface area contributed by atoms with Crippen molar-refractivity contribution in [3.05, 3.63) is 26.4 Å². The third-order valence-corrected chi connectivity index (χ3v) is 2.68. The summed E-state index contributed by atoms with van der Waals surface area (Å²) < 4.78 is 5.52. The number of aromatic nitrogens is 1. The summed E-state index contributed by atoms with van der Waals surface area (Å²) in [6.45, 7) is 0. The number of halogens is 2. The molecule has 0 spiro atoms. The van der Waals surface area contributed by atoms with Gasteiger partial charge in [0.05, 0.1) is 11.1 Å². The van der Waals surface area contributed by atoms with Crippen LogP contribution in [0.15, 0.2) is 15.3 Å². The molecule has 0 radical (unpaired) electrons. The van der Waals surface area contributed by atoms with E-state index in [0.29, 0.717) is 20.3 Å². The largest absolute Gasteiger partial charge is 0.428 e. The van der Waals surface area contributed by atoms with E-state index in [1.165, 1.54) is 6.07 Å². The van der Waals surface area contributed by atoms with E-state index in [1.807, 2.05) is 0 Å². The van der Waals surface area contributed by atoms with Gasteiger partial charge in [-0.2, -0.15) is 0 Å². The molecule has 0 aromatic carbocycles. The molecule has 1 aliphatic rings. The fourth-order valence-electron chi connectivity index (χ4n) is 1.12. The minimum absolute atomic E-state index is 0.334. The van der Waals surface area contributed by atoms with E-state index in [2.05, 4.69) is 41.6 Å². The molecule has 4 nitrogen and oxygen atoms in total. The maximum absolute atomic E-state index is 11.1. The van der Waals surface area contributed by atoms with Crippen molar-refractivity contribution in [2.24, 2.45) is 0 Å². The van der Waals surface area contributed by atoms with Crippen LogP contribution in [0.3, 0.4) is 0 Å². The van der Waals surface area contributed by atoms with Crippen LogP contribution in [0.5, 0.6) is 0 Å². The first-order valence-electron chi connectivity index (χ1n) is 3.34. The molecular formula is C7H3Br2NO3. The molecule has 1 N–H and O–H groups in total. The lowest BCUT2D eigenvalue weighted by Gasteiger charge is -2.02. The molecule has 0 amide bonds. The van der Waals surface area contributed by atoms with Gasteiger partial charge >= 0.3 is 5.97 Å². The molecule has 0 aliphatic carbocycles. The van der Waals surface area contributed by atoms with Crippen molar-refractivity contribution >= 4 is 37.8 Å². The maximum atomic E-state index is 11.1. The van der Waals surface area contributed by atoms with E-state index in [9.17, 15) is 9.90 Å². The summed E-state index contributed by atoms with van der Waals surface area (Å²) in [7, 11) is 0. The van der Waals surface area contributed by atoms with Crippen LogP contribution in [-0.4, -0.2) is 16.1 Å². The Morgan fingerprint density at radius 3 is 2.92 bits per heavy atom. The van der Waals surface area contributed by atoms with Gasteiger partial charge in [0.15, 0.2) is 0 Å². The molecule has 0 fully saturated rings. The van der Waals surface area contributed by atoms with Crippen molar-refractivity contribution in [2.45, 2.75) is 6.29 Å². The highest BCUT2D eigenvalue weighted by molar-refractivity contribution is 9.11. The monoisotopic (exact) mass is 307 g/mol. The number of hydrogen-bond donors (Lipinski definition) is 1. The number of rotatable bonds is 0. The second-order valence-electron chi connectivity index (χ2n) is 2.45. The fourth-order valence-corrected chi connectivity index (χ4v) is 2.37. The summed E-state index contributed by atoms with van der Waals surface area (Å²) in [6.07, 6.45) is -1.21. The van der Waals surface area contributed by atoms with Crippen molar-refractivity contribution in [3.63, 3.8) is 0 Å². The summed E-state index contributed by atoms with van der Waals surface area (Å²) >= 11 is 6.27. The standard InChI is InChI=1S/C7H3Br2NO3/c8-3-1-2-4(5(9)10-3)7(12)13-6(2)11/h1,7,12H/t7-/m1/s1. The second kappa shape index (κ2) is 3.04. The molecule has 2 rings (SSSR count). The molecule has 68 valence electrons. The van der Waals surface area contributed by atoms with Gasteiger partial charge in [0.1, 0.15) is 9.21 Å². The van der Waals surface area contributed by atoms with Crippen LogP contribution in [-0.2, 0) is 4.74 Å². The molecular weight excluding hydrogens is 306 g/mol. The van der Waals surface area contributed by atoms with Crippen LogP contribution in [0, 0.1) is 0 Å². The summed E-state index contributed by atoms with van der Waals surface area (Å²) in [5, 5.41) is 9.30. The van der Waals surface area contributed by atoms with Crippen molar-refractivity contribution in [1.29, 1.82) is 0 Å². The topological polar surface area (TPSA) is 59.4 Å². The molecule has 0 unspecified atom stereocenters. The number of cyclic esters (lactones) is 1. The van der Waals surface area contributed by atoms with Crippen LogP contribution >= 0.6 is 31.9 Å². The zero-order valence-corrected chi connectivity index (χ0v) is 9.29. The van der Waals surface area contributed by atoms with Crippen LogP contribution < -0.4 is 0 Å². The van der Waals surface area contributed by atoms with Gasteiger partial charge in [0.2, 0.25) is 6.29 Å². The Bertz CT molecular complexity index is 394. The Morgan fingerprint density at radius 2 is 2.23 bits per heavy atom. The average molecular weight is 309 g/mol. The first-order chi connectivity index (χ1) is 6.09. The number of aliphatic hydroxyl groups excluding tert-OH is 1. The van der Waals surface area contributed by atoms with E-state index in [4.69, 9.17) is 0 Å². The molecule has 13 heavy (non-hydrogen) atoms. The molecule has 1 aliphatic heterocycles. The zero-order chi connectivity index (χ0) is 9.59. The Balaban J connectivity index is 2.69. The highest BCUT2D eigenvalue weighted by Gasteiger charge is 2.32. The summed E-state index contributed by atoms with van der Waals surface area (Å²) in [5.41, 5.74) is 0.717.